The SMILES string of the molecule is CCCNCc1cnc(N2CCC3CCC(C2)N3C)nc1. The lowest BCUT2D eigenvalue weighted by molar-refractivity contribution is 0.254. The van der Waals surface area contributed by atoms with Gasteiger partial charge in [-0.25, -0.2) is 9.97 Å². The highest BCUT2D eigenvalue weighted by atomic mass is 15.3. The highest BCUT2D eigenvalue weighted by Gasteiger charge is 2.35. The fourth-order valence-electron chi connectivity index (χ4n) is 3.50. The first-order valence-electron chi connectivity index (χ1n) is 8.26. The van der Waals surface area contributed by atoms with Gasteiger partial charge in [-0.1, -0.05) is 6.92 Å². The van der Waals surface area contributed by atoms with Gasteiger partial charge in [-0.05, 0) is 39.3 Å². The molecule has 2 fully saturated rings. The number of nitrogens with one attached hydrogen (secondary N) is 1. The van der Waals surface area contributed by atoms with Crippen molar-refractivity contribution in [2.75, 3.05) is 31.6 Å². The summed E-state index contributed by atoms with van der Waals surface area (Å²) in [6.07, 6.45) is 9.00. The number of hydrogen-bond acceptors (Lipinski definition) is 5. The van der Waals surface area contributed by atoms with Crippen LogP contribution in [0.2, 0.25) is 0 Å². The minimum atomic E-state index is 0.673. The Labute approximate surface area is 127 Å². The molecule has 1 aromatic heterocycles. The highest BCUT2D eigenvalue weighted by molar-refractivity contribution is 5.31. The molecule has 21 heavy (non-hydrogen) atoms. The van der Waals surface area contributed by atoms with Crippen LogP contribution in [0.15, 0.2) is 12.4 Å². The van der Waals surface area contributed by atoms with Gasteiger partial charge in [0.25, 0.3) is 0 Å². The Hall–Kier alpha value is -1.20. The zero-order chi connectivity index (χ0) is 14.7. The average molecular weight is 289 g/mol. The van der Waals surface area contributed by atoms with Gasteiger partial charge in [-0.2, -0.15) is 0 Å². The zero-order valence-electron chi connectivity index (χ0n) is 13.3. The maximum absolute atomic E-state index is 4.59. The maximum atomic E-state index is 4.59. The van der Waals surface area contributed by atoms with Crippen LogP contribution in [0.1, 0.15) is 38.2 Å². The molecule has 2 aliphatic rings. The normalized spacial score (nSPS) is 26.1. The lowest BCUT2D eigenvalue weighted by atomic mass is 10.1. The second-order valence-electron chi connectivity index (χ2n) is 6.35. The van der Waals surface area contributed by atoms with Gasteiger partial charge < -0.3 is 10.2 Å². The summed E-state index contributed by atoms with van der Waals surface area (Å²) in [5, 5.41) is 3.39. The first-order chi connectivity index (χ1) is 10.3. The van der Waals surface area contributed by atoms with E-state index >= 15 is 0 Å². The summed E-state index contributed by atoms with van der Waals surface area (Å²) in [4.78, 5) is 14.1. The van der Waals surface area contributed by atoms with Crippen molar-refractivity contribution in [3.8, 4) is 0 Å². The van der Waals surface area contributed by atoms with Crippen LogP contribution in [0, 0.1) is 0 Å². The molecular formula is C16H27N5. The van der Waals surface area contributed by atoms with Crippen LogP contribution in [0.3, 0.4) is 0 Å². The molecule has 1 N–H and O–H groups in total. The van der Waals surface area contributed by atoms with Crippen molar-refractivity contribution < 1.29 is 0 Å². The monoisotopic (exact) mass is 289 g/mol. The van der Waals surface area contributed by atoms with Crippen LogP contribution in [-0.2, 0) is 6.54 Å². The largest absolute Gasteiger partial charge is 0.339 e. The highest BCUT2D eigenvalue weighted by Crippen LogP contribution is 2.29. The molecule has 0 aromatic carbocycles. The van der Waals surface area contributed by atoms with Gasteiger partial charge in [0.05, 0.1) is 0 Å². The van der Waals surface area contributed by atoms with E-state index in [2.05, 4.69) is 39.1 Å². The van der Waals surface area contributed by atoms with E-state index in [0.29, 0.717) is 6.04 Å². The molecule has 0 radical (unpaired) electrons. The van der Waals surface area contributed by atoms with Crippen LogP contribution in [0.4, 0.5) is 5.95 Å². The Morgan fingerprint density at radius 2 is 1.95 bits per heavy atom. The van der Waals surface area contributed by atoms with Crippen molar-refractivity contribution in [2.24, 2.45) is 0 Å². The third kappa shape index (κ3) is 3.35. The van der Waals surface area contributed by atoms with Crippen molar-refractivity contribution in [3.63, 3.8) is 0 Å². The first kappa shape index (κ1) is 14.7. The van der Waals surface area contributed by atoms with E-state index in [1.807, 2.05) is 12.4 Å². The lowest BCUT2D eigenvalue weighted by Crippen LogP contribution is -2.37. The number of hydrogen-bond donors (Lipinski definition) is 1. The summed E-state index contributed by atoms with van der Waals surface area (Å²) in [6.45, 7) is 6.24. The quantitative estimate of drug-likeness (QED) is 0.835. The van der Waals surface area contributed by atoms with Crippen LogP contribution >= 0.6 is 0 Å². The van der Waals surface area contributed by atoms with Crippen molar-refractivity contribution in [2.45, 2.75) is 51.2 Å². The van der Waals surface area contributed by atoms with E-state index in [4.69, 9.17) is 0 Å². The molecule has 5 nitrogen and oxygen atoms in total. The fraction of sp³-hybridized carbons (Fsp3) is 0.750. The molecule has 2 unspecified atom stereocenters. The third-order valence-corrected chi connectivity index (χ3v) is 4.88. The second-order valence-corrected chi connectivity index (χ2v) is 6.35. The molecule has 0 saturated carbocycles. The standard InChI is InChI=1S/C16H27N5/c1-3-7-17-9-13-10-18-16(19-11-13)21-8-6-14-4-5-15(12-21)20(14)2/h10-11,14-15,17H,3-9,12H2,1-2H3. The van der Waals surface area contributed by atoms with E-state index < -0.39 is 0 Å². The van der Waals surface area contributed by atoms with Crippen molar-refractivity contribution in [3.05, 3.63) is 18.0 Å². The zero-order valence-corrected chi connectivity index (χ0v) is 13.3. The predicted molar refractivity (Wildman–Crippen MR) is 85.4 cm³/mol. The molecule has 116 valence electrons. The summed E-state index contributed by atoms with van der Waals surface area (Å²) in [7, 11) is 2.27. The number of nitrogens with zero attached hydrogens (tertiary/aromatic N) is 4. The average Bonchev–Trinajstić information content (AvgIpc) is 2.74. The molecule has 2 bridgehead atoms. The Bertz CT molecular complexity index is 446. The molecule has 5 heteroatoms. The van der Waals surface area contributed by atoms with E-state index in [9.17, 15) is 0 Å². The third-order valence-electron chi connectivity index (χ3n) is 4.88. The second kappa shape index (κ2) is 6.71. The molecule has 0 spiro atoms. The van der Waals surface area contributed by atoms with Crippen LogP contribution in [0.25, 0.3) is 0 Å². The van der Waals surface area contributed by atoms with Gasteiger partial charge in [0, 0.05) is 49.7 Å². The first-order valence-corrected chi connectivity index (χ1v) is 8.26. The molecule has 2 atom stereocenters. The molecular weight excluding hydrogens is 262 g/mol. The lowest BCUT2D eigenvalue weighted by Gasteiger charge is -2.25. The number of fused-ring (bicyclic) bond motifs is 2. The maximum Gasteiger partial charge on any atom is 0.225 e. The molecule has 0 amide bonds. The fourth-order valence-corrected chi connectivity index (χ4v) is 3.50. The van der Waals surface area contributed by atoms with Gasteiger partial charge in [-0.15, -0.1) is 0 Å². The van der Waals surface area contributed by atoms with Crippen molar-refractivity contribution in [1.29, 1.82) is 0 Å². The number of anilines is 1. The van der Waals surface area contributed by atoms with Crippen molar-refractivity contribution in [1.82, 2.24) is 20.2 Å². The minimum absolute atomic E-state index is 0.673. The Morgan fingerprint density at radius 1 is 1.19 bits per heavy atom. The van der Waals surface area contributed by atoms with Gasteiger partial charge in [0.1, 0.15) is 0 Å². The van der Waals surface area contributed by atoms with E-state index in [1.54, 1.807) is 0 Å². The number of aromatic nitrogens is 2. The van der Waals surface area contributed by atoms with Crippen LogP contribution in [0.5, 0.6) is 0 Å². The van der Waals surface area contributed by atoms with Crippen LogP contribution < -0.4 is 10.2 Å². The van der Waals surface area contributed by atoms with Crippen LogP contribution in [-0.4, -0.2) is 53.6 Å². The topological polar surface area (TPSA) is 44.3 Å². The van der Waals surface area contributed by atoms with Crippen molar-refractivity contribution >= 4 is 5.95 Å². The van der Waals surface area contributed by atoms with E-state index in [0.717, 1.165) is 44.6 Å². The summed E-state index contributed by atoms with van der Waals surface area (Å²) in [6, 6.07) is 1.43. The number of likely N-dealkylation sites (N-methyl/N-ethyl adjacent to an activating group) is 1. The number of rotatable bonds is 5. The smallest absolute Gasteiger partial charge is 0.225 e. The van der Waals surface area contributed by atoms with Gasteiger partial charge in [0.15, 0.2) is 0 Å². The molecule has 2 saturated heterocycles. The summed E-state index contributed by atoms with van der Waals surface area (Å²) in [5.41, 5.74) is 1.17. The molecule has 2 aliphatic heterocycles. The minimum Gasteiger partial charge on any atom is -0.339 e. The Balaban J connectivity index is 1.61. The summed E-state index contributed by atoms with van der Waals surface area (Å²) in [5.74, 6) is 0.898. The van der Waals surface area contributed by atoms with Gasteiger partial charge in [-0.3, -0.25) is 4.90 Å². The Morgan fingerprint density at radius 3 is 2.71 bits per heavy atom. The Kier molecular flexibility index (Phi) is 4.70. The molecule has 3 heterocycles. The molecule has 1 aromatic rings. The molecule has 3 rings (SSSR count). The van der Waals surface area contributed by atoms with Gasteiger partial charge in [0.2, 0.25) is 5.95 Å². The molecule has 0 aliphatic carbocycles. The van der Waals surface area contributed by atoms with E-state index in [1.165, 1.54) is 24.8 Å². The predicted octanol–water partition coefficient (Wildman–Crippen LogP) is 1.65. The summed E-state index contributed by atoms with van der Waals surface area (Å²) < 4.78 is 0. The van der Waals surface area contributed by atoms with E-state index in [-0.39, 0.29) is 0 Å². The summed E-state index contributed by atoms with van der Waals surface area (Å²) >= 11 is 0. The van der Waals surface area contributed by atoms with Gasteiger partial charge >= 0.3 is 0 Å².